The number of nitrogens with one attached hydrogen (secondary N) is 1. The number of para-hydroxylation sites is 2. The Balaban J connectivity index is 2.41. The molecule has 1 heterocycles. The predicted molar refractivity (Wildman–Crippen MR) is 66.5 cm³/mol. The third kappa shape index (κ3) is 2.14. The van der Waals surface area contributed by atoms with Gasteiger partial charge in [-0.1, -0.05) is 12.1 Å². The Hall–Kier alpha value is -1.88. The van der Waals surface area contributed by atoms with Crippen LogP contribution >= 0.6 is 0 Å². The van der Waals surface area contributed by atoms with Crippen LogP contribution in [-0.4, -0.2) is 28.5 Å². The number of amides is 1. The highest BCUT2D eigenvalue weighted by molar-refractivity contribution is 5.80. The highest BCUT2D eigenvalue weighted by Crippen LogP contribution is 2.15. The first kappa shape index (κ1) is 11.6. The van der Waals surface area contributed by atoms with Crippen molar-refractivity contribution in [2.75, 3.05) is 7.05 Å². The molecule has 1 atom stereocenters. The second-order valence-electron chi connectivity index (χ2n) is 4.00. The Morgan fingerprint density at radius 2 is 2.24 bits per heavy atom. The van der Waals surface area contributed by atoms with Crippen LogP contribution in [-0.2, 0) is 11.3 Å². The van der Waals surface area contributed by atoms with Gasteiger partial charge >= 0.3 is 0 Å². The third-order valence-electron chi connectivity index (χ3n) is 2.90. The first-order valence-corrected chi connectivity index (χ1v) is 5.52. The molecule has 5 nitrogen and oxygen atoms in total. The van der Waals surface area contributed by atoms with Crippen molar-refractivity contribution in [1.82, 2.24) is 14.9 Å². The number of carbonyl (C=O) groups excluding carboxylic acids is 1. The van der Waals surface area contributed by atoms with Gasteiger partial charge in [-0.2, -0.15) is 0 Å². The summed E-state index contributed by atoms with van der Waals surface area (Å²) in [5.74, 6) is 0.525. The maximum absolute atomic E-state index is 11.2. The fourth-order valence-electron chi connectivity index (χ4n) is 1.93. The van der Waals surface area contributed by atoms with Crippen molar-refractivity contribution < 1.29 is 4.79 Å². The number of imidazole rings is 1. The maximum atomic E-state index is 11.2. The number of aromatic nitrogens is 2. The maximum Gasteiger partial charge on any atom is 0.236 e. The fraction of sp³-hybridized carbons (Fsp3) is 0.333. The number of fused-ring (bicyclic) bond motifs is 1. The van der Waals surface area contributed by atoms with Crippen molar-refractivity contribution in [3.05, 3.63) is 30.1 Å². The zero-order valence-electron chi connectivity index (χ0n) is 9.97. The molecular weight excluding hydrogens is 216 g/mol. The Morgan fingerprint density at radius 3 is 2.88 bits per heavy atom. The number of rotatable bonds is 4. The van der Waals surface area contributed by atoms with Crippen LogP contribution in [0, 0.1) is 6.92 Å². The monoisotopic (exact) mass is 232 g/mol. The van der Waals surface area contributed by atoms with Crippen molar-refractivity contribution in [3.63, 3.8) is 0 Å². The number of nitrogens with zero attached hydrogens (tertiary/aromatic N) is 2. The van der Waals surface area contributed by atoms with E-state index in [0.29, 0.717) is 6.54 Å². The summed E-state index contributed by atoms with van der Waals surface area (Å²) in [5, 5.41) is 2.91. The number of nitrogens with two attached hydrogens (primary N) is 1. The normalized spacial score (nSPS) is 12.8. The molecule has 0 saturated carbocycles. The number of likely N-dealkylation sites (N-methyl/N-ethyl adjacent to an activating group) is 1. The zero-order valence-corrected chi connectivity index (χ0v) is 9.97. The van der Waals surface area contributed by atoms with E-state index in [1.54, 1.807) is 7.05 Å². The van der Waals surface area contributed by atoms with Gasteiger partial charge in [0.15, 0.2) is 0 Å². The van der Waals surface area contributed by atoms with E-state index in [2.05, 4.69) is 10.3 Å². The van der Waals surface area contributed by atoms with Crippen LogP contribution < -0.4 is 11.1 Å². The SMILES string of the molecule is CNC(Cn1c(C)nc2ccccc21)C(N)=O. The van der Waals surface area contributed by atoms with E-state index < -0.39 is 0 Å². The second kappa shape index (κ2) is 4.55. The van der Waals surface area contributed by atoms with Gasteiger partial charge in [0.25, 0.3) is 0 Å². The molecule has 1 aromatic heterocycles. The van der Waals surface area contributed by atoms with Crippen molar-refractivity contribution >= 4 is 16.9 Å². The van der Waals surface area contributed by atoms with Crippen LogP contribution in [0.4, 0.5) is 0 Å². The van der Waals surface area contributed by atoms with Crippen LogP contribution in [0.1, 0.15) is 5.82 Å². The summed E-state index contributed by atoms with van der Waals surface area (Å²) in [7, 11) is 1.73. The average Bonchev–Trinajstić information content (AvgIpc) is 2.61. The van der Waals surface area contributed by atoms with Crippen molar-refractivity contribution in [1.29, 1.82) is 0 Å². The third-order valence-corrected chi connectivity index (χ3v) is 2.90. The smallest absolute Gasteiger partial charge is 0.236 e. The first-order valence-electron chi connectivity index (χ1n) is 5.52. The van der Waals surface area contributed by atoms with Gasteiger partial charge in [-0.3, -0.25) is 4.79 Å². The number of primary amides is 1. The highest BCUT2D eigenvalue weighted by Gasteiger charge is 2.16. The minimum absolute atomic E-state index is 0.357. The Morgan fingerprint density at radius 1 is 1.53 bits per heavy atom. The molecule has 0 saturated heterocycles. The summed E-state index contributed by atoms with van der Waals surface area (Å²) in [6, 6.07) is 7.47. The molecule has 0 radical (unpaired) electrons. The molecule has 0 spiro atoms. The highest BCUT2D eigenvalue weighted by atomic mass is 16.1. The molecule has 0 aliphatic carbocycles. The molecule has 90 valence electrons. The van der Waals surface area contributed by atoms with Gasteiger partial charge in [-0.15, -0.1) is 0 Å². The molecule has 3 N–H and O–H groups in total. The van der Waals surface area contributed by atoms with Gasteiger partial charge in [0.2, 0.25) is 5.91 Å². The second-order valence-corrected chi connectivity index (χ2v) is 4.00. The summed E-state index contributed by atoms with van der Waals surface area (Å²) in [6.07, 6.45) is 0. The molecule has 0 fully saturated rings. The lowest BCUT2D eigenvalue weighted by molar-refractivity contribution is -0.120. The van der Waals surface area contributed by atoms with Crippen LogP contribution in [0.3, 0.4) is 0 Å². The number of hydrogen-bond donors (Lipinski definition) is 2. The summed E-state index contributed by atoms with van der Waals surface area (Å²) in [5.41, 5.74) is 7.28. The Labute approximate surface area is 99.6 Å². The fourth-order valence-corrected chi connectivity index (χ4v) is 1.93. The van der Waals surface area contributed by atoms with Gasteiger partial charge in [0.05, 0.1) is 11.0 Å². The molecule has 17 heavy (non-hydrogen) atoms. The van der Waals surface area contributed by atoms with Crippen LogP contribution in [0.25, 0.3) is 11.0 Å². The van der Waals surface area contributed by atoms with Crippen molar-refractivity contribution in [2.45, 2.75) is 19.5 Å². The number of benzene rings is 1. The van der Waals surface area contributed by atoms with Gasteiger partial charge in [0, 0.05) is 6.54 Å². The minimum Gasteiger partial charge on any atom is -0.368 e. The topological polar surface area (TPSA) is 72.9 Å². The zero-order chi connectivity index (χ0) is 12.4. The summed E-state index contributed by atoms with van der Waals surface area (Å²) in [6.45, 7) is 2.42. The van der Waals surface area contributed by atoms with E-state index in [-0.39, 0.29) is 11.9 Å². The van der Waals surface area contributed by atoms with Crippen LogP contribution in [0.5, 0.6) is 0 Å². The van der Waals surface area contributed by atoms with E-state index in [1.165, 1.54) is 0 Å². The Kier molecular flexibility index (Phi) is 3.10. The minimum atomic E-state index is -0.383. The lowest BCUT2D eigenvalue weighted by atomic mass is 10.2. The van der Waals surface area contributed by atoms with Crippen LogP contribution in [0.15, 0.2) is 24.3 Å². The molecule has 5 heteroatoms. The lowest BCUT2D eigenvalue weighted by Crippen LogP contribution is -2.42. The van der Waals surface area contributed by atoms with E-state index in [4.69, 9.17) is 5.73 Å². The van der Waals surface area contributed by atoms with E-state index in [9.17, 15) is 4.79 Å². The summed E-state index contributed by atoms with van der Waals surface area (Å²) in [4.78, 5) is 15.7. The molecule has 0 bridgehead atoms. The molecular formula is C12H16N4O. The average molecular weight is 232 g/mol. The summed E-state index contributed by atoms with van der Waals surface area (Å²) < 4.78 is 2.00. The quantitative estimate of drug-likeness (QED) is 0.802. The van der Waals surface area contributed by atoms with Gasteiger partial charge in [0.1, 0.15) is 11.9 Å². The van der Waals surface area contributed by atoms with Crippen LogP contribution in [0.2, 0.25) is 0 Å². The molecule has 2 aromatic rings. The first-order chi connectivity index (χ1) is 8.13. The molecule has 0 aliphatic rings. The Bertz CT molecular complexity index is 546. The molecule has 1 unspecified atom stereocenters. The van der Waals surface area contributed by atoms with Gasteiger partial charge in [-0.25, -0.2) is 4.98 Å². The predicted octanol–water partition coefficient (Wildman–Crippen LogP) is 0.418. The van der Waals surface area contributed by atoms with E-state index in [1.807, 2.05) is 35.8 Å². The van der Waals surface area contributed by atoms with E-state index in [0.717, 1.165) is 16.9 Å². The lowest BCUT2D eigenvalue weighted by Gasteiger charge is -2.14. The molecule has 2 rings (SSSR count). The van der Waals surface area contributed by atoms with Gasteiger partial charge < -0.3 is 15.6 Å². The van der Waals surface area contributed by atoms with E-state index >= 15 is 0 Å². The number of aryl methyl sites for hydroxylation is 1. The summed E-state index contributed by atoms with van der Waals surface area (Å²) >= 11 is 0. The molecule has 1 amide bonds. The molecule has 1 aromatic carbocycles. The van der Waals surface area contributed by atoms with Crippen molar-refractivity contribution in [2.24, 2.45) is 5.73 Å². The number of carbonyl (C=O) groups is 1. The standard InChI is InChI=1S/C12H16N4O/c1-8-15-9-5-3-4-6-11(9)16(8)7-10(14-2)12(13)17/h3-6,10,14H,7H2,1-2H3,(H2,13,17). The number of hydrogen-bond acceptors (Lipinski definition) is 3. The molecule has 0 aliphatic heterocycles. The van der Waals surface area contributed by atoms with Gasteiger partial charge in [-0.05, 0) is 26.1 Å². The van der Waals surface area contributed by atoms with Crippen molar-refractivity contribution in [3.8, 4) is 0 Å². The largest absolute Gasteiger partial charge is 0.368 e.